The second-order valence-corrected chi connectivity index (χ2v) is 18.0. The third-order valence-electron chi connectivity index (χ3n) is 14.0. The van der Waals surface area contributed by atoms with Crippen LogP contribution in [0.2, 0.25) is 0 Å². The molecule has 8 aromatic carbocycles. The quantitative estimate of drug-likeness (QED) is 0.184. The molecule has 0 bridgehead atoms. The average molecular weight is 733 g/mol. The van der Waals surface area contributed by atoms with Gasteiger partial charge in [0.05, 0.1) is 11.6 Å². The van der Waals surface area contributed by atoms with E-state index < -0.39 is 0 Å². The van der Waals surface area contributed by atoms with Crippen LogP contribution in [0.25, 0.3) is 77.2 Å². The van der Waals surface area contributed by atoms with Crippen molar-refractivity contribution in [2.45, 2.75) is 64.3 Å². The van der Waals surface area contributed by atoms with Gasteiger partial charge >= 0.3 is 0 Å². The molecule has 2 N–H and O–H groups in total. The van der Waals surface area contributed by atoms with E-state index >= 15 is 0 Å². The van der Waals surface area contributed by atoms with Crippen LogP contribution in [-0.2, 0) is 22.8 Å². The molecule has 8 aromatic rings. The summed E-state index contributed by atoms with van der Waals surface area (Å²) < 4.78 is 0. The summed E-state index contributed by atoms with van der Waals surface area (Å²) in [6.07, 6.45) is 0. The highest BCUT2D eigenvalue weighted by atomic mass is 14.5. The Morgan fingerprint density at radius 2 is 0.860 bits per heavy atom. The van der Waals surface area contributed by atoms with Gasteiger partial charge in [0.15, 0.2) is 0 Å². The number of rotatable bonds is 3. The van der Waals surface area contributed by atoms with Gasteiger partial charge in [-0.25, -0.2) is 0 Å². The molecule has 0 saturated heterocycles. The fourth-order valence-electron chi connectivity index (χ4n) is 11.4. The van der Waals surface area contributed by atoms with Crippen LogP contribution in [0, 0.1) is 11.3 Å². The molecule has 0 radical (unpaired) electrons. The number of nitrogens with zero attached hydrogens (tertiary/aromatic N) is 1. The zero-order valence-electron chi connectivity index (χ0n) is 33.4. The number of benzene rings is 8. The van der Waals surface area contributed by atoms with Crippen LogP contribution in [-0.4, -0.2) is 0 Å². The monoisotopic (exact) mass is 732 g/mol. The Hall–Kier alpha value is -6.27. The van der Waals surface area contributed by atoms with Crippen molar-refractivity contribution in [2.24, 2.45) is 5.73 Å². The molecule has 11 rings (SSSR count). The molecule has 3 aliphatic carbocycles. The molecule has 2 nitrogen and oxygen atoms in total. The van der Waals surface area contributed by atoms with Gasteiger partial charge in [0, 0.05) is 22.8 Å². The molecule has 274 valence electrons. The predicted molar refractivity (Wildman–Crippen MR) is 238 cm³/mol. The van der Waals surface area contributed by atoms with Crippen LogP contribution < -0.4 is 5.73 Å². The Bertz CT molecular complexity index is 3110. The van der Waals surface area contributed by atoms with Gasteiger partial charge in [-0.3, -0.25) is 0 Å². The van der Waals surface area contributed by atoms with Crippen LogP contribution in [0.3, 0.4) is 0 Å². The molecule has 0 saturated carbocycles. The van der Waals surface area contributed by atoms with Crippen molar-refractivity contribution < 1.29 is 0 Å². The Balaban J connectivity index is 1.35. The third kappa shape index (κ3) is 4.28. The van der Waals surface area contributed by atoms with Crippen LogP contribution >= 0.6 is 0 Å². The lowest BCUT2D eigenvalue weighted by Crippen LogP contribution is -2.22. The van der Waals surface area contributed by atoms with Crippen LogP contribution in [0.5, 0.6) is 0 Å². The fraction of sp³-hybridized carbons (Fsp3) is 0.182. The second kappa shape index (κ2) is 11.4. The molecular weight excluding hydrogens is 689 g/mol. The Labute approximate surface area is 335 Å². The van der Waals surface area contributed by atoms with E-state index in [-0.39, 0.29) is 16.2 Å². The first-order chi connectivity index (χ1) is 27.5. The van der Waals surface area contributed by atoms with Crippen LogP contribution in [0.15, 0.2) is 133 Å². The summed E-state index contributed by atoms with van der Waals surface area (Å²) in [7, 11) is 0. The molecule has 57 heavy (non-hydrogen) atoms. The minimum absolute atomic E-state index is 0.169. The lowest BCUT2D eigenvalue weighted by molar-refractivity contribution is 0.636. The highest BCUT2D eigenvalue weighted by Gasteiger charge is 2.52. The first-order valence-corrected chi connectivity index (χ1v) is 20.3. The Kier molecular flexibility index (Phi) is 6.81. The summed E-state index contributed by atoms with van der Waals surface area (Å²) >= 11 is 0. The Morgan fingerprint density at radius 1 is 0.439 bits per heavy atom. The van der Waals surface area contributed by atoms with E-state index in [1.54, 1.807) is 0 Å². The van der Waals surface area contributed by atoms with Crippen molar-refractivity contribution >= 4 is 21.5 Å². The van der Waals surface area contributed by atoms with E-state index in [4.69, 9.17) is 5.73 Å². The number of nitriles is 1. The number of nitrogens with two attached hydrogens (primary N) is 1. The maximum Gasteiger partial charge on any atom is 0.0991 e. The number of hydrogen-bond acceptors (Lipinski definition) is 2. The Morgan fingerprint density at radius 3 is 1.35 bits per heavy atom. The summed E-state index contributed by atoms with van der Waals surface area (Å²) in [5, 5.41) is 14.7. The van der Waals surface area contributed by atoms with Crippen molar-refractivity contribution in [3.63, 3.8) is 0 Å². The predicted octanol–water partition coefficient (Wildman–Crippen LogP) is 13.6. The maximum atomic E-state index is 9.78. The smallest absolute Gasteiger partial charge is 0.0991 e. The average Bonchev–Trinajstić information content (AvgIpc) is 3.71. The molecule has 0 amide bonds. The van der Waals surface area contributed by atoms with Crippen molar-refractivity contribution in [3.05, 3.63) is 178 Å². The zero-order chi connectivity index (χ0) is 39.2. The van der Waals surface area contributed by atoms with Crippen LogP contribution in [0.4, 0.5) is 0 Å². The molecule has 0 spiro atoms. The van der Waals surface area contributed by atoms with Gasteiger partial charge in [-0.2, -0.15) is 5.26 Å². The van der Waals surface area contributed by atoms with Crippen molar-refractivity contribution in [1.82, 2.24) is 0 Å². The minimum atomic E-state index is -0.294. The second-order valence-electron chi connectivity index (χ2n) is 18.0. The maximum absolute atomic E-state index is 9.78. The third-order valence-corrected chi connectivity index (χ3v) is 14.0. The molecule has 0 unspecified atom stereocenters. The fourth-order valence-corrected chi connectivity index (χ4v) is 11.4. The molecular formula is C55H44N2. The van der Waals surface area contributed by atoms with Crippen LogP contribution in [0.1, 0.15) is 86.1 Å². The van der Waals surface area contributed by atoms with Gasteiger partial charge in [-0.15, -0.1) is 0 Å². The van der Waals surface area contributed by atoms with Crippen molar-refractivity contribution in [2.75, 3.05) is 0 Å². The number of fused-ring (bicyclic) bond motifs is 14. The SMILES string of the molecule is CC1(C)c2ccccc2-c2c1c1c(c3c2C(C)(C)c2cc4c(-c5ccc(CN)cc5)c5ccccc5c(-c5ccc(C#N)cc5)c4cc2-3)C(C)(C)c2ccccc2-1. The van der Waals surface area contributed by atoms with E-state index in [2.05, 4.69) is 169 Å². The first kappa shape index (κ1) is 34.0. The lowest BCUT2D eigenvalue weighted by Gasteiger charge is -2.31. The van der Waals surface area contributed by atoms with Gasteiger partial charge in [-0.05, 0) is 140 Å². The largest absolute Gasteiger partial charge is 0.326 e. The normalized spacial score (nSPS) is 15.8. The highest BCUT2D eigenvalue weighted by molar-refractivity contribution is 6.23. The molecule has 0 aliphatic heterocycles. The standard InChI is InChI=1S/C55H44N2/c1-53(2)42-17-11-10-16-38(42)48-50(53)47-37-15-9-12-18-43(37)54(3,4)51(47)49-41-27-39-40(28-44(41)55(5,6)52(48)49)46(34-25-21-32(30-57)22-26-34)36-14-8-7-13-35(36)45(39)33-23-19-31(29-56)20-24-33/h7-28H,30,57H2,1-6H3. The highest BCUT2D eigenvalue weighted by Crippen LogP contribution is 2.68. The van der Waals surface area contributed by atoms with Gasteiger partial charge in [0.25, 0.3) is 0 Å². The molecule has 0 fully saturated rings. The van der Waals surface area contributed by atoms with Gasteiger partial charge in [0.2, 0.25) is 0 Å². The molecule has 0 atom stereocenters. The summed E-state index contributed by atoms with van der Waals surface area (Å²) in [6, 6.07) is 51.7. The van der Waals surface area contributed by atoms with Gasteiger partial charge < -0.3 is 5.73 Å². The zero-order valence-corrected chi connectivity index (χ0v) is 33.4. The molecule has 0 aromatic heterocycles. The molecule has 3 aliphatic rings. The molecule has 2 heteroatoms. The van der Waals surface area contributed by atoms with E-state index in [0.29, 0.717) is 12.1 Å². The summed E-state index contributed by atoms with van der Waals surface area (Å²) in [5.74, 6) is 0. The number of hydrogen-bond donors (Lipinski definition) is 1. The first-order valence-electron chi connectivity index (χ1n) is 20.3. The summed E-state index contributed by atoms with van der Waals surface area (Å²) in [5.41, 5.74) is 28.9. The summed E-state index contributed by atoms with van der Waals surface area (Å²) in [6.45, 7) is 15.2. The van der Waals surface area contributed by atoms with E-state index in [1.807, 2.05) is 12.1 Å². The summed E-state index contributed by atoms with van der Waals surface area (Å²) in [4.78, 5) is 0. The molecule has 0 heterocycles. The van der Waals surface area contributed by atoms with Gasteiger partial charge in [-0.1, -0.05) is 151 Å². The minimum Gasteiger partial charge on any atom is -0.326 e. The van der Waals surface area contributed by atoms with E-state index in [9.17, 15) is 5.26 Å². The van der Waals surface area contributed by atoms with Crippen molar-refractivity contribution in [3.8, 4) is 61.7 Å². The van der Waals surface area contributed by atoms with E-state index in [1.165, 1.54) is 105 Å². The lowest BCUT2D eigenvalue weighted by atomic mass is 9.71. The topological polar surface area (TPSA) is 49.8 Å². The van der Waals surface area contributed by atoms with E-state index in [0.717, 1.165) is 11.1 Å². The van der Waals surface area contributed by atoms with Gasteiger partial charge in [0.1, 0.15) is 0 Å². The van der Waals surface area contributed by atoms with Crippen molar-refractivity contribution in [1.29, 1.82) is 5.26 Å².